The van der Waals surface area contributed by atoms with Gasteiger partial charge in [0.15, 0.2) is 5.78 Å². The molecule has 1 heteroatoms. The van der Waals surface area contributed by atoms with E-state index in [1.165, 1.54) is 16.7 Å². The fourth-order valence-corrected chi connectivity index (χ4v) is 5.03. The first-order chi connectivity index (χ1) is 14.3. The maximum absolute atomic E-state index is 13.2. The molecule has 29 heavy (non-hydrogen) atoms. The van der Waals surface area contributed by atoms with Gasteiger partial charge in [-0.25, -0.2) is 0 Å². The zero-order valence-electron chi connectivity index (χ0n) is 16.2. The average molecular weight is 374 g/mol. The van der Waals surface area contributed by atoms with Gasteiger partial charge < -0.3 is 0 Å². The predicted octanol–water partition coefficient (Wildman–Crippen LogP) is 6.39. The molecular weight excluding hydrogens is 352 g/mol. The first-order valence-electron chi connectivity index (χ1n) is 10.1. The number of ketones is 1. The van der Waals surface area contributed by atoms with E-state index >= 15 is 0 Å². The molecule has 0 bridgehead atoms. The van der Waals surface area contributed by atoms with Crippen molar-refractivity contribution in [1.29, 1.82) is 0 Å². The normalized spacial score (nSPS) is 18.0. The summed E-state index contributed by atoms with van der Waals surface area (Å²) in [6.07, 6.45) is 0.477. The predicted molar refractivity (Wildman–Crippen MR) is 117 cm³/mol. The fraction of sp³-hybridized carbons (Fsp3) is 0.107. The third kappa shape index (κ3) is 2.82. The molecule has 1 unspecified atom stereocenters. The molecule has 4 aromatic carbocycles. The Bertz CT molecular complexity index is 1090. The van der Waals surface area contributed by atoms with Gasteiger partial charge in [0.05, 0.1) is 0 Å². The highest BCUT2D eigenvalue weighted by Crippen LogP contribution is 2.55. The van der Waals surface area contributed by atoms with Crippen molar-refractivity contribution in [2.75, 3.05) is 0 Å². The van der Waals surface area contributed by atoms with Gasteiger partial charge in [-0.05, 0) is 22.3 Å². The SMILES string of the molecule is O=C1CC(c2ccccc2)(C(c2ccccc2)c2ccccc2)c2ccccc21. The van der Waals surface area contributed by atoms with Gasteiger partial charge in [0, 0.05) is 23.3 Å². The van der Waals surface area contributed by atoms with E-state index in [0.717, 1.165) is 11.1 Å². The van der Waals surface area contributed by atoms with Gasteiger partial charge in [-0.3, -0.25) is 4.79 Å². The number of carbonyl (C=O) groups excluding carboxylic acids is 1. The van der Waals surface area contributed by atoms with E-state index in [2.05, 4.69) is 97.1 Å². The molecule has 1 nitrogen and oxygen atoms in total. The molecular formula is C28H22O. The fourth-order valence-electron chi connectivity index (χ4n) is 5.03. The molecule has 0 heterocycles. The van der Waals surface area contributed by atoms with Gasteiger partial charge in [-0.2, -0.15) is 0 Å². The zero-order valence-corrected chi connectivity index (χ0v) is 16.2. The van der Waals surface area contributed by atoms with Gasteiger partial charge in [0.1, 0.15) is 0 Å². The van der Waals surface area contributed by atoms with E-state index in [0.29, 0.717) is 6.42 Å². The lowest BCUT2D eigenvalue weighted by Gasteiger charge is -2.39. The molecule has 1 aliphatic rings. The summed E-state index contributed by atoms with van der Waals surface area (Å²) in [6, 6.07) is 39.9. The Morgan fingerprint density at radius 2 is 1.07 bits per heavy atom. The molecule has 5 rings (SSSR count). The number of Topliss-reactive ketones (excluding diaryl/α,β-unsaturated/α-hetero) is 1. The Hall–Kier alpha value is -3.45. The van der Waals surface area contributed by atoms with Gasteiger partial charge in [-0.15, -0.1) is 0 Å². The van der Waals surface area contributed by atoms with E-state index in [4.69, 9.17) is 0 Å². The lowest BCUT2D eigenvalue weighted by molar-refractivity contribution is 0.0976. The molecule has 0 saturated heterocycles. The maximum Gasteiger partial charge on any atom is 0.164 e. The van der Waals surface area contributed by atoms with Crippen LogP contribution in [0, 0.1) is 0 Å². The van der Waals surface area contributed by atoms with Crippen LogP contribution >= 0.6 is 0 Å². The van der Waals surface area contributed by atoms with Gasteiger partial charge in [-0.1, -0.05) is 115 Å². The third-order valence-corrected chi connectivity index (χ3v) is 6.20. The van der Waals surface area contributed by atoms with Crippen molar-refractivity contribution in [2.45, 2.75) is 17.8 Å². The van der Waals surface area contributed by atoms with Gasteiger partial charge >= 0.3 is 0 Å². The Kier molecular flexibility index (Phi) is 4.37. The third-order valence-electron chi connectivity index (χ3n) is 6.20. The lowest BCUT2D eigenvalue weighted by Crippen LogP contribution is -2.34. The molecule has 0 N–H and O–H groups in total. The van der Waals surface area contributed by atoms with Crippen molar-refractivity contribution in [1.82, 2.24) is 0 Å². The van der Waals surface area contributed by atoms with Crippen molar-refractivity contribution in [3.8, 4) is 0 Å². The lowest BCUT2D eigenvalue weighted by atomic mass is 9.62. The summed E-state index contributed by atoms with van der Waals surface area (Å²) in [6.45, 7) is 0. The minimum Gasteiger partial charge on any atom is -0.294 e. The van der Waals surface area contributed by atoms with Crippen LogP contribution in [0.2, 0.25) is 0 Å². The van der Waals surface area contributed by atoms with Crippen LogP contribution in [0.1, 0.15) is 45.0 Å². The first kappa shape index (κ1) is 17.6. The summed E-state index contributed by atoms with van der Waals surface area (Å²) in [5.74, 6) is 0.265. The smallest absolute Gasteiger partial charge is 0.164 e. The first-order valence-corrected chi connectivity index (χ1v) is 10.1. The van der Waals surface area contributed by atoms with E-state index in [9.17, 15) is 4.79 Å². The molecule has 0 radical (unpaired) electrons. The number of benzene rings is 4. The van der Waals surface area contributed by atoms with Crippen molar-refractivity contribution < 1.29 is 4.79 Å². The van der Waals surface area contributed by atoms with Crippen LogP contribution in [-0.4, -0.2) is 5.78 Å². The summed E-state index contributed by atoms with van der Waals surface area (Å²) in [7, 11) is 0. The number of hydrogen-bond acceptors (Lipinski definition) is 1. The monoisotopic (exact) mass is 374 g/mol. The van der Waals surface area contributed by atoms with Crippen LogP contribution in [-0.2, 0) is 5.41 Å². The van der Waals surface area contributed by atoms with Crippen LogP contribution in [0.4, 0.5) is 0 Å². The van der Waals surface area contributed by atoms with E-state index in [1.54, 1.807) is 0 Å². The molecule has 0 fully saturated rings. The molecule has 0 aromatic heterocycles. The molecule has 0 spiro atoms. The summed E-state index contributed by atoms with van der Waals surface area (Å²) in [4.78, 5) is 13.2. The Labute approximate surface area is 171 Å². The molecule has 140 valence electrons. The quantitative estimate of drug-likeness (QED) is 0.404. The highest BCUT2D eigenvalue weighted by Gasteiger charge is 2.50. The van der Waals surface area contributed by atoms with E-state index < -0.39 is 5.41 Å². The highest BCUT2D eigenvalue weighted by atomic mass is 16.1. The van der Waals surface area contributed by atoms with Crippen molar-refractivity contribution in [3.05, 3.63) is 143 Å². The topological polar surface area (TPSA) is 17.1 Å². The number of hydrogen-bond donors (Lipinski definition) is 0. The average Bonchev–Trinajstić information content (AvgIpc) is 3.09. The van der Waals surface area contributed by atoms with Crippen molar-refractivity contribution >= 4 is 5.78 Å². The molecule has 1 atom stereocenters. The second kappa shape index (κ2) is 7.18. The Morgan fingerprint density at radius 3 is 1.66 bits per heavy atom. The highest BCUT2D eigenvalue weighted by molar-refractivity contribution is 6.03. The molecule has 1 aliphatic carbocycles. The van der Waals surface area contributed by atoms with Crippen LogP contribution in [0.25, 0.3) is 0 Å². The van der Waals surface area contributed by atoms with Crippen LogP contribution in [0.15, 0.2) is 115 Å². The number of carbonyl (C=O) groups is 1. The Balaban J connectivity index is 1.86. The number of fused-ring (bicyclic) bond motifs is 1. The van der Waals surface area contributed by atoms with Crippen LogP contribution < -0.4 is 0 Å². The molecule has 4 aromatic rings. The zero-order chi connectivity index (χ0) is 19.7. The second-order valence-corrected chi connectivity index (χ2v) is 7.74. The van der Waals surface area contributed by atoms with E-state index in [1.807, 2.05) is 18.2 Å². The molecule has 0 amide bonds. The minimum atomic E-state index is -0.433. The summed E-state index contributed by atoms with van der Waals surface area (Å²) < 4.78 is 0. The minimum absolute atomic E-state index is 0.0416. The second-order valence-electron chi connectivity index (χ2n) is 7.74. The molecule has 0 saturated carbocycles. The van der Waals surface area contributed by atoms with Gasteiger partial charge in [0.2, 0.25) is 0 Å². The number of rotatable bonds is 4. The largest absolute Gasteiger partial charge is 0.294 e. The molecule has 0 aliphatic heterocycles. The van der Waals surface area contributed by atoms with Crippen molar-refractivity contribution in [3.63, 3.8) is 0 Å². The Morgan fingerprint density at radius 1 is 0.586 bits per heavy atom. The van der Waals surface area contributed by atoms with Crippen LogP contribution in [0.5, 0.6) is 0 Å². The standard InChI is InChI=1S/C28H22O/c29-26-20-28(23-16-8-3-9-17-23,25-19-11-10-18-24(25)26)27(21-12-4-1-5-13-21)22-14-6-2-7-15-22/h1-19,27H,20H2. The summed E-state index contributed by atoms with van der Waals surface area (Å²) in [5.41, 5.74) is 5.20. The van der Waals surface area contributed by atoms with Crippen molar-refractivity contribution in [2.24, 2.45) is 0 Å². The van der Waals surface area contributed by atoms with Crippen LogP contribution in [0.3, 0.4) is 0 Å². The summed E-state index contributed by atoms with van der Waals surface area (Å²) >= 11 is 0. The van der Waals surface area contributed by atoms with Gasteiger partial charge in [0.25, 0.3) is 0 Å². The maximum atomic E-state index is 13.2. The van der Waals surface area contributed by atoms with E-state index in [-0.39, 0.29) is 11.7 Å². The summed E-state index contributed by atoms with van der Waals surface area (Å²) in [5, 5.41) is 0.